The molecule has 1 atom stereocenters. The topological polar surface area (TPSA) is 70.6 Å². The molecule has 2 amide bonds. The zero-order valence-electron chi connectivity index (χ0n) is 14.5. The molecule has 7 heteroatoms. The predicted molar refractivity (Wildman–Crippen MR) is 89.8 cm³/mol. The third kappa shape index (κ3) is 7.59. The van der Waals surface area contributed by atoms with Crippen LogP contribution >= 0.6 is 0 Å². The molecule has 136 valence electrons. The molecule has 0 saturated heterocycles. The molecule has 0 heterocycles. The first kappa shape index (κ1) is 20.2. The molecular formula is C17H26F2N2O3. The molecule has 0 aliphatic carbocycles. The molecule has 1 unspecified atom stereocenters. The minimum absolute atomic E-state index is 0.246. The number of hydrogen-bond donors (Lipinski definition) is 3. The zero-order chi connectivity index (χ0) is 18.3. The Hall–Kier alpha value is -1.89. The van der Waals surface area contributed by atoms with Crippen LogP contribution in [0.3, 0.4) is 0 Å². The molecule has 24 heavy (non-hydrogen) atoms. The normalized spacial score (nSPS) is 12.8. The summed E-state index contributed by atoms with van der Waals surface area (Å²) in [6.45, 7) is 7.04. The van der Waals surface area contributed by atoms with E-state index < -0.39 is 25.2 Å². The van der Waals surface area contributed by atoms with Crippen molar-refractivity contribution in [2.75, 3.05) is 18.5 Å². The largest absolute Gasteiger partial charge is 0.487 e. The van der Waals surface area contributed by atoms with Gasteiger partial charge in [-0.15, -0.1) is 0 Å². The minimum Gasteiger partial charge on any atom is -0.487 e. The van der Waals surface area contributed by atoms with E-state index in [1.807, 2.05) is 13.8 Å². The van der Waals surface area contributed by atoms with Crippen LogP contribution in [0.1, 0.15) is 32.8 Å². The number of amides is 2. The molecule has 1 rings (SSSR count). The highest BCUT2D eigenvalue weighted by molar-refractivity contribution is 5.89. The van der Waals surface area contributed by atoms with Crippen LogP contribution in [0.4, 0.5) is 19.3 Å². The Labute approximate surface area is 141 Å². The molecule has 0 aliphatic rings. The maximum atomic E-state index is 12.2. The monoisotopic (exact) mass is 344 g/mol. The lowest BCUT2D eigenvalue weighted by atomic mass is 9.87. The summed E-state index contributed by atoms with van der Waals surface area (Å²) in [6, 6.07) is 4.47. The average Bonchev–Trinajstić information content (AvgIpc) is 2.44. The summed E-state index contributed by atoms with van der Waals surface area (Å²) in [5.41, 5.74) is 0.917. The Morgan fingerprint density at radius 1 is 1.38 bits per heavy atom. The SMILES string of the molecule is Cc1ccc(NC(=O)NCC(C)(C)CC(C)O)cc1OCC(F)F. The van der Waals surface area contributed by atoms with E-state index >= 15 is 0 Å². The highest BCUT2D eigenvalue weighted by atomic mass is 19.3. The van der Waals surface area contributed by atoms with E-state index in [0.717, 1.165) is 0 Å². The molecule has 1 aromatic carbocycles. The van der Waals surface area contributed by atoms with Crippen molar-refractivity contribution in [3.63, 3.8) is 0 Å². The first-order valence-electron chi connectivity index (χ1n) is 7.83. The Bertz CT molecular complexity index is 549. The van der Waals surface area contributed by atoms with Gasteiger partial charge in [-0.1, -0.05) is 19.9 Å². The Balaban J connectivity index is 2.59. The third-order valence-electron chi connectivity index (χ3n) is 3.39. The number of nitrogens with one attached hydrogen (secondary N) is 2. The van der Waals surface area contributed by atoms with E-state index in [9.17, 15) is 18.7 Å². The maximum Gasteiger partial charge on any atom is 0.319 e. The van der Waals surface area contributed by atoms with Crippen molar-refractivity contribution in [1.82, 2.24) is 5.32 Å². The highest BCUT2D eigenvalue weighted by Gasteiger charge is 2.21. The summed E-state index contributed by atoms with van der Waals surface area (Å²) in [6.07, 6.45) is -2.44. The maximum absolute atomic E-state index is 12.2. The third-order valence-corrected chi connectivity index (χ3v) is 3.39. The number of alkyl halides is 2. The average molecular weight is 344 g/mol. The number of benzene rings is 1. The standard InChI is InChI=1S/C17H26F2N2O3/c1-11-5-6-13(7-14(11)24-9-15(18)19)21-16(23)20-10-17(3,4)8-12(2)22/h5-7,12,15,22H,8-10H2,1-4H3,(H2,20,21,23). The number of hydrogen-bond acceptors (Lipinski definition) is 3. The van der Waals surface area contributed by atoms with Crippen molar-refractivity contribution in [3.05, 3.63) is 23.8 Å². The van der Waals surface area contributed by atoms with Gasteiger partial charge in [0, 0.05) is 18.3 Å². The van der Waals surface area contributed by atoms with E-state index in [1.54, 1.807) is 26.0 Å². The second-order valence-electron chi connectivity index (χ2n) is 6.71. The van der Waals surface area contributed by atoms with Crippen LogP contribution in [0.5, 0.6) is 5.75 Å². The van der Waals surface area contributed by atoms with Gasteiger partial charge in [0.05, 0.1) is 6.10 Å². The second-order valence-corrected chi connectivity index (χ2v) is 6.71. The van der Waals surface area contributed by atoms with Crippen LogP contribution in [-0.4, -0.2) is 36.8 Å². The number of rotatable bonds is 8. The second kappa shape index (κ2) is 8.82. The van der Waals surface area contributed by atoms with Gasteiger partial charge in [0.2, 0.25) is 0 Å². The van der Waals surface area contributed by atoms with Crippen LogP contribution in [0.25, 0.3) is 0 Å². The molecular weight excluding hydrogens is 318 g/mol. The predicted octanol–water partition coefficient (Wildman–Crippen LogP) is 3.56. The van der Waals surface area contributed by atoms with Gasteiger partial charge in [0.1, 0.15) is 12.4 Å². The number of anilines is 1. The molecule has 1 aromatic rings. The van der Waals surface area contributed by atoms with Crippen LogP contribution < -0.4 is 15.4 Å². The summed E-state index contributed by atoms with van der Waals surface area (Å²) in [4.78, 5) is 12.0. The van der Waals surface area contributed by atoms with Crippen LogP contribution in [0, 0.1) is 12.3 Å². The zero-order valence-corrected chi connectivity index (χ0v) is 14.5. The highest BCUT2D eigenvalue weighted by Crippen LogP contribution is 2.24. The van der Waals surface area contributed by atoms with Gasteiger partial charge in [0.25, 0.3) is 6.43 Å². The van der Waals surface area contributed by atoms with E-state index in [-0.39, 0.29) is 5.41 Å². The van der Waals surface area contributed by atoms with Gasteiger partial charge in [-0.3, -0.25) is 0 Å². The van der Waals surface area contributed by atoms with Crippen LogP contribution in [0.15, 0.2) is 18.2 Å². The number of halogens is 2. The van der Waals surface area contributed by atoms with E-state index in [0.29, 0.717) is 30.0 Å². The smallest absolute Gasteiger partial charge is 0.319 e. The van der Waals surface area contributed by atoms with Gasteiger partial charge < -0.3 is 20.5 Å². The summed E-state index contributed by atoms with van der Waals surface area (Å²) in [7, 11) is 0. The number of urea groups is 1. The summed E-state index contributed by atoms with van der Waals surface area (Å²) < 4.78 is 29.5. The van der Waals surface area contributed by atoms with Gasteiger partial charge in [-0.05, 0) is 37.3 Å². The van der Waals surface area contributed by atoms with E-state index in [2.05, 4.69) is 10.6 Å². The summed E-state index contributed by atoms with van der Waals surface area (Å²) in [5.74, 6) is 0.308. The lowest BCUT2D eigenvalue weighted by molar-refractivity contribution is 0.0816. The summed E-state index contributed by atoms with van der Waals surface area (Å²) in [5, 5.41) is 14.8. The lowest BCUT2D eigenvalue weighted by Crippen LogP contribution is -2.38. The first-order chi connectivity index (χ1) is 11.1. The Kier molecular flexibility index (Phi) is 7.41. The van der Waals surface area contributed by atoms with Crippen LogP contribution in [0.2, 0.25) is 0 Å². The molecule has 0 radical (unpaired) electrons. The number of carbonyl (C=O) groups excluding carboxylic acids is 1. The van der Waals surface area contributed by atoms with E-state index in [4.69, 9.17) is 4.74 Å². The molecule has 3 N–H and O–H groups in total. The molecule has 0 aromatic heterocycles. The van der Waals surface area contributed by atoms with Crippen molar-refractivity contribution in [1.29, 1.82) is 0 Å². The molecule has 0 saturated carbocycles. The Morgan fingerprint density at radius 2 is 2.04 bits per heavy atom. The minimum atomic E-state index is -2.56. The number of aliphatic hydroxyl groups is 1. The number of carbonyl (C=O) groups is 1. The van der Waals surface area contributed by atoms with Gasteiger partial charge in [-0.2, -0.15) is 0 Å². The molecule has 0 fully saturated rings. The van der Waals surface area contributed by atoms with Gasteiger partial charge >= 0.3 is 6.03 Å². The molecule has 0 spiro atoms. The first-order valence-corrected chi connectivity index (χ1v) is 7.83. The van der Waals surface area contributed by atoms with Crippen molar-refractivity contribution in [2.45, 2.75) is 46.6 Å². The van der Waals surface area contributed by atoms with Crippen molar-refractivity contribution in [3.8, 4) is 5.75 Å². The number of ether oxygens (including phenoxy) is 1. The summed E-state index contributed by atoms with van der Waals surface area (Å²) >= 11 is 0. The Morgan fingerprint density at radius 3 is 2.62 bits per heavy atom. The number of aliphatic hydroxyl groups excluding tert-OH is 1. The van der Waals surface area contributed by atoms with Crippen LogP contribution in [-0.2, 0) is 0 Å². The van der Waals surface area contributed by atoms with Crippen molar-refractivity contribution in [2.24, 2.45) is 5.41 Å². The van der Waals surface area contributed by atoms with Gasteiger partial charge in [-0.25, -0.2) is 13.6 Å². The fourth-order valence-corrected chi connectivity index (χ4v) is 2.35. The fourth-order valence-electron chi connectivity index (χ4n) is 2.35. The lowest BCUT2D eigenvalue weighted by Gasteiger charge is -2.26. The van der Waals surface area contributed by atoms with E-state index in [1.165, 1.54) is 6.07 Å². The molecule has 0 aliphatic heterocycles. The molecule has 5 nitrogen and oxygen atoms in total. The fraction of sp³-hybridized carbons (Fsp3) is 0.588. The quantitative estimate of drug-likeness (QED) is 0.675. The van der Waals surface area contributed by atoms with Gasteiger partial charge in [0.15, 0.2) is 0 Å². The molecule has 0 bridgehead atoms. The van der Waals surface area contributed by atoms with Crippen molar-refractivity contribution < 1.29 is 23.4 Å². The van der Waals surface area contributed by atoms with Crippen molar-refractivity contribution >= 4 is 11.7 Å². The number of aryl methyl sites for hydroxylation is 1.